The average Bonchev–Trinajstić information content (AvgIpc) is 2.41. The summed E-state index contributed by atoms with van der Waals surface area (Å²) in [5.74, 6) is -2.82. The van der Waals surface area contributed by atoms with Crippen LogP contribution in [0.3, 0.4) is 0 Å². The summed E-state index contributed by atoms with van der Waals surface area (Å²) in [4.78, 5) is 24.1. The van der Waals surface area contributed by atoms with Crippen molar-refractivity contribution in [2.24, 2.45) is 0 Å². The summed E-state index contributed by atoms with van der Waals surface area (Å²) in [5, 5.41) is 14.1. The number of carbonyl (C=O) groups excluding carboxylic acids is 1. The molecule has 1 saturated heterocycles. The lowest BCUT2D eigenvalue weighted by Crippen LogP contribution is -2.58. The SMILES string of the molecule is O=C(O)C1CNCCN1C(=O)Nc1ccc(F)cc1F. The quantitative estimate of drug-likeness (QED) is 0.752. The highest BCUT2D eigenvalue weighted by atomic mass is 19.1. The Morgan fingerprint density at radius 1 is 1.40 bits per heavy atom. The van der Waals surface area contributed by atoms with Crippen LogP contribution in [0.1, 0.15) is 0 Å². The van der Waals surface area contributed by atoms with Crippen molar-refractivity contribution in [1.29, 1.82) is 0 Å². The fourth-order valence-corrected chi connectivity index (χ4v) is 1.95. The number of anilines is 1. The predicted molar refractivity (Wildman–Crippen MR) is 66.4 cm³/mol. The second-order valence-electron chi connectivity index (χ2n) is 4.31. The van der Waals surface area contributed by atoms with E-state index in [4.69, 9.17) is 5.11 Å². The lowest BCUT2D eigenvalue weighted by molar-refractivity contribution is -0.142. The van der Waals surface area contributed by atoms with E-state index in [1.54, 1.807) is 0 Å². The molecule has 1 unspecified atom stereocenters. The summed E-state index contributed by atoms with van der Waals surface area (Å²) in [6.45, 7) is 0.753. The molecule has 6 nitrogen and oxygen atoms in total. The summed E-state index contributed by atoms with van der Waals surface area (Å²) in [7, 11) is 0. The van der Waals surface area contributed by atoms with Crippen LogP contribution in [0.5, 0.6) is 0 Å². The second-order valence-corrected chi connectivity index (χ2v) is 4.31. The Balaban J connectivity index is 2.12. The topological polar surface area (TPSA) is 81.7 Å². The maximum atomic E-state index is 13.4. The summed E-state index contributed by atoms with van der Waals surface area (Å²) in [6, 6.07) is 0.977. The molecule has 8 heteroatoms. The van der Waals surface area contributed by atoms with E-state index in [9.17, 15) is 18.4 Å². The van der Waals surface area contributed by atoms with Crippen molar-refractivity contribution < 1.29 is 23.5 Å². The number of nitrogens with zero attached hydrogens (tertiary/aromatic N) is 1. The minimum Gasteiger partial charge on any atom is -0.480 e. The van der Waals surface area contributed by atoms with Crippen LogP contribution in [0, 0.1) is 11.6 Å². The van der Waals surface area contributed by atoms with Gasteiger partial charge >= 0.3 is 12.0 Å². The van der Waals surface area contributed by atoms with Crippen molar-refractivity contribution in [3.8, 4) is 0 Å². The van der Waals surface area contributed by atoms with Gasteiger partial charge in [-0.05, 0) is 12.1 Å². The van der Waals surface area contributed by atoms with Crippen molar-refractivity contribution in [2.45, 2.75) is 6.04 Å². The predicted octanol–water partition coefficient (Wildman–Crippen LogP) is 0.855. The van der Waals surface area contributed by atoms with Gasteiger partial charge in [-0.1, -0.05) is 0 Å². The zero-order chi connectivity index (χ0) is 14.7. The molecule has 1 fully saturated rings. The van der Waals surface area contributed by atoms with Crippen molar-refractivity contribution in [1.82, 2.24) is 10.2 Å². The maximum Gasteiger partial charge on any atom is 0.327 e. The molecule has 1 heterocycles. The number of carboxylic acids is 1. The number of benzene rings is 1. The Hall–Kier alpha value is -2.22. The number of nitrogens with one attached hydrogen (secondary N) is 2. The first kappa shape index (κ1) is 14.2. The molecular weight excluding hydrogens is 272 g/mol. The molecule has 0 aromatic heterocycles. The summed E-state index contributed by atoms with van der Waals surface area (Å²) in [5.41, 5.74) is -0.195. The molecule has 0 bridgehead atoms. The average molecular weight is 285 g/mol. The Kier molecular flexibility index (Phi) is 4.14. The van der Waals surface area contributed by atoms with Gasteiger partial charge in [-0.3, -0.25) is 0 Å². The van der Waals surface area contributed by atoms with Gasteiger partial charge in [0.1, 0.15) is 17.7 Å². The number of carboxylic acid groups (broad SMARTS) is 1. The number of rotatable bonds is 2. The van der Waals surface area contributed by atoms with Gasteiger partial charge in [0.2, 0.25) is 0 Å². The standard InChI is InChI=1S/C12H13F2N3O3/c13-7-1-2-9(8(14)5-7)16-12(20)17-4-3-15-6-10(17)11(18)19/h1-2,5,10,15H,3-4,6H2,(H,16,20)(H,18,19). The number of piperazine rings is 1. The number of hydrogen-bond acceptors (Lipinski definition) is 3. The van der Waals surface area contributed by atoms with Crippen LogP contribution < -0.4 is 10.6 Å². The van der Waals surface area contributed by atoms with Crippen LogP contribution in [0.4, 0.5) is 19.3 Å². The van der Waals surface area contributed by atoms with Crippen LogP contribution in [0.2, 0.25) is 0 Å². The summed E-state index contributed by atoms with van der Waals surface area (Å²) < 4.78 is 26.2. The highest BCUT2D eigenvalue weighted by Gasteiger charge is 2.32. The molecule has 2 amide bonds. The molecule has 1 aromatic rings. The van der Waals surface area contributed by atoms with E-state index < -0.39 is 29.7 Å². The molecule has 1 aromatic carbocycles. The van der Waals surface area contributed by atoms with Crippen LogP contribution in [0.15, 0.2) is 18.2 Å². The zero-order valence-corrected chi connectivity index (χ0v) is 10.4. The first-order valence-corrected chi connectivity index (χ1v) is 5.95. The third kappa shape index (κ3) is 3.02. The third-order valence-electron chi connectivity index (χ3n) is 2.96. The Bertz CT molecular complexity index is 539. The highest BCUT2D eigenvalue weighted by molar-refractivity contribution is 5.92. The van der Waals surface area contributed by atoms with Gasteiger partial charge < -0.3 is 20.6 Å². The molecule has 3 N–H and O–H groups in total. The fraction of sp³-hybridized carbons (Fsp3) is 0.333. The van der Waals surface area contributed by atoms with E-state index >= 15 is 0 Å². The minimum atomic E-state index is -1.15. The number of urea groups is 1. The van der Waals surface area contributed by atoms with Gasteiger partial charge in [-0.15, -0.1) is 0 Å². The molecular formula is C12H13F2N3O3. The Morgan fingerprint density at radius 3 is 2.80 bits per heavy atom. The molecule has 1 aliphatic heterocycles. The van der Waals surface area contributed by atoms with Crippen LogP contribution in [-0.2, 0) is 4.79 Å². The molecule has 20 heavy (non-hydrogen) atoms. The number of carbonyl (C=O) groups is 2. The van der Waals surface area contributed by atoms with E-state index in [0.29, 0.717) is 12.6 Å². The maximum absolute atomic E-state index is 13.4. The van der Waals surface area contributed by atoms with Crippen molar-refractivity contribution >= 4 is 17.7 Å². The monoisotopic (exact) mass is 285 g/mol. The Morgan fingerprint density at radius 2 is 2.15 bits per heavy atom. The van der Waals surface area contributed by atoms with E-state index in [1.807, 2.05) is 0 Å². The number of halogens is 2. The van der Waals surface area contributed by atoms with E-state index in [1.165, 1.54) is 0 Å². The smallest absolute Gasteiger partial charge is 0.327 e. The largest absolute Gasteiger partial charge is 0.480 e. The van der Waals surface area contributed by atoms with Gasteiger partial charge in [0.05, 0.1) is 5.69 Å². The highest BCUT2D eigenvalue weighted by Crippen LogP contribution is 2.16. The van der Waals surface area contributed by atoms with Gasteiger partial charge in [0.25, 0.3) is 0 Å². The lowest BCUT2D eigenvalue weighted by atomic mass is 10.2. The van der Waals surface area contributed by atoms with E-state index in [0.717, 1.165) is 17.0 Å². The molecule has 0 aliphatic carbocycles. The molecule has 0 saturated carbocycles. The van der Waals surface area contributed by atoms with E-state index in [-0.39, 0.29) is 18.8 Å². The molecule has 108 valence electrons. The van der Waals surface area contributed by atoms with Crippen LogP contribution >= 0.6 is 0 Å². The van der Waals surface area contributed by atoms with E-state index in [2.05, 4.69) is 10.6 Å². The van der Waals surface area contributed by atoms with Gasteiger partial charge in [0, 0.05) is 25.7 Å². The van der Waals surface area contributed by atoms with Gasteiger partial charge in [-0.2, -0.15) is 0 Å². The fourth-order valence-electron chi connectivity index (χ4n) is 1.95. The number of aliphatic carboxylic acids is 1. The summed E-state index contributed by atoms with van der Waals surface area (Å²) in [6.07, 6.45) is 0. The van der Waals surface area contributed by atoms with Crippen molar-refractivity contribution in [3.05, 3.63) is 29.8 Å². The minimum absolute atomic E-state index is 0.120. The zero-order valence-electron chi connectivity index (χ0n) is 10.4. The van der Waals surface area contributed by atoms with Crippen molar-refractivity contribution in [2.75, 3.05) is 25.0 Å². The number of amides is 2. The molecule has 2 rings (SSSR count). The van der Waals surface area contributed by atoms with Crippen LogP contribution in [-0.4, -0.2) is 47.7 Å². The first-order chi connectivity index (χ1) is 9.49. The normalized spacial score (nSPS) is 18.7. The molecule has 0 spiro atoms. The van der Waals surface area contributed by atoms with Gasteiger partial charge in [-0.25, -0.2) is 18.4 Å². The first-order valence-electron chi connectivity index (χ1n) is 5.95. The molecule has 1 atom stereocenters. The molecule has 0 radical (unpaired) electrons. The number of hydrogen-bond donors (Lipinski definition) is 3. The van der Waals surface area contributed by atoms with Gasteiger partial charge in [0.15, 0.2) is 0 Å². The van der Waals surface area contributed by atoms with Crippen molar-refractivity contribution in [3.63, 3.8) is 0 Å². The van der Waals surface area contributed by atoms with Crippen LogP contribution in [0.25, 0.3) is 0 Å². The lowest BCUT2D eigenvalue weighted by Gasteiger charge is -2.33. The third-order valence-corrected chi connectivity index (χ3v) is 2.96. The Labute approximate surface area is 113 Å². The second kappa shape index (κ2) is 5.83. The summed E-state index contributed by atoms with van der Waals surface area (Å²) >= 11 is 0. The molecule has 1 aliphatic rings.